The number of rotatable bonds is 4. The molecule has 66 valence electrons. The standard InChI is InChI=1S/C8H18N2S/c1-4-7(6(2)3)8(9)5-11-10/h5-7H,4,9-10H2,1-3H3/b8-5+. The van der Waals surface area contributed by atoms with Crippen molar-refractivity contribution in [3.8, 4) is 0 Å². The lowest BCUT2D eigenvalue weighted by Gasteiger charge is -2.18. The first-order chi connectivity index (χ1) is 5.13. The molecule has 0 radical (unpaired) electrons. The summed E-state index contributed by atoms with van der Waals surface area (Å²) in [4.78, 5) is 0. The van der Waals surface area contributed by atoms with Crippen molar-refractivity contribution in [3.05, 3.63) is 11.1 Å². The molecule has 0 saturated heterocycles. The van der Waals surface area contributed by atoms with E-state index in [0.29, 0.717) is 11.8 Å². The van der Waals surface area contributed by atoms with E-state index >= 15 is 0 Å². The van der Waals surface area contributed by atoms with E-state index in [1.54, 1.807) is 0 Å². The molecule has 1 atom stereocenters. The highest BCUT2D eigenvalue weighted by atomic mass is 32.2. The van der Waals surface area contributed by atoms with E-state index in [2.05, 4.69) is 20.8 Å². The highest BCUT2D eigenvalue weighted by Crippen LogP contribution is 2.21. The summed E-state index contributed by atoms with van der Waals surface area (Å²) >= 11 is 1.18. The summed E-state index contributed by atoms with van der Waals surface area (Å²) in [5, 5.41) is 7.11. The quantitative estimate of drug-likeness (QED) is 0.642. The Kier molecular flexibility index (Phi) is 5.42. The monoisotopic (exact) mass is 174 g/mol. The van der Waals surface area contributed by atoms with E-state index in [9.17, 15) is 0 Å². The molecule has 0 saturated carbocycles. The second-order valence-electron chi connectivity index (χ2n) is 3.01. The van der Waals surface area contributed by atoms with Crippen molar-refractivity contribution in [1.29, 1.82) is 0 Å². The van der Waals surface area contributed by atoms with Crippen LogP contribution in [-0.2, 0) is 0 Å². The number of nitrogens with two attached hydrogens (primary N) is 2. The first kappa shape index (κ1) is 10.8. The molecule has 1 unspecified atom stereocenters. The molecular formula is C8H18N2S. The summed E-state index contributed by atoms with van der Waals surface area (Å²) < 4.78 is 0. The highest BCUT2D eigenvalue weighted by Gasteiger charge is 2.12. The van der Waals surface area contributed by atoms with Crippen LogP contribution in [0, 0.1) is 11.8 Å². The normalized spacial score (nSPS) is 15.5. The Morgan fingerprint density at radius 2 is 2.09 bits per heavy atom. The fourth-order valence-electron chi connectivity index (χ4n) is 1.26. The van der Waals surface area contributed by atoms with Gasteiger partial charge in [0.25, 0.3) is 0 Å². The minimum absolute atomic E-state index is 0.478. The van der Waals surface area contributed by atoms with Gasteiger partial charge in [-0.25, -0.2) is 0 Å². The Hall–Kier alpha value is -0.150. The Labute approximate surface area is 73.5 Å². The zero-order valence-corrected chi connectivity index (χ0v) is 8.32. The first-order valence-corrected chi connectivity index (χ1v) is 4.88. The van der Waals surface area contributed by atoms with Crippen molar-refractivity contribution >= 4 is 11.9 Å². The number of hydrogen-bond acceptors (Lipinski definition) is 3. The zero-order chi connectivity index (χ0) is 8.85. The largest absolute Gasteiger partial charge is 0.401 e. The van der Waals surface area contributed by atoms with Crippen molar-refractivity contribution in [2.45, 2.75) is 27.2 Å². The lowest BCUT2D eigenvalue weighted by molar-refractivity contribution is 0.427. The second kappa shape index (κ2) is 5.49. The summed E-state index contributed by atoms with van der Waals surface area (Å²) in [5.74, 6) is 1.08. The van der Waals surface area contributed by atoms with Gasteiger partial charge < -0.3 is 5.73 Å². The van der Waals surface area contributed by atoms with Gasteiger partial charge in [0.2, 0.25) is 0 Å². The van der Waals surface area contributed by atoms with Crippen LogP contribution < -0.4 is 10.9 Å². The zero-order valence-electron chi connectivity index (χ0n) is 7.50. The average Bonchev–Trinajstić information content (AvgIpc) is 1.88. The first-order valence-electron chi connectivity index (χ1n) is 3.94. The van der Waals surface area contributed by atoms with Crippen molar-refractivity contribution in [2.24, 2.45) is 22.7 Å². The van der Waals surface area contributed by atoms with Crippen LogP contribution >= 0.6 is 11.9 Å². The molecule has 0 amide bonds. The van der Waals surface area contributed by atoms with Crippen molar-refractivity contribution in [3.63, 3.8) is 0 Å². The van der Waals surface area contributed by atoms with E-state index in [1.165, 1.54) is 11.9 Å². The fraction of sp³-hybridized carbons (Fsp3) is 0.750. The van der Waals surface area contributed by atoms with Crippen LogP contribution in [0.3, 0.4) is 0 Å². The maximum atomic E-state index is 5.80. The van der Waals surface area contributed by atoms with Crippen LogP contribution in [0.15, 0.2) is 11.1 Å². The van der Waals surface area contributed by atoms with Crippen LogP contribution in [0.1, 0.15) is 27.2 Å². The fourth-order valence-corrected chi connectivity index (χ4v) is 1.59. The molecule has 0 heterocycles. The van der Waals surface area contributed by atoms with Crippen molar-refractivity contribution < 1.29 is 0 Å². The van der Waals surface area contributed by atoms with Crippen LogP contribution in [0.25, 0.3) is 0 Å². The van der Waals surface area contributed by atoms with Gasteiger partial charge in [-0.3, -0.25) is 5.14 Å². The van der Waals surface area contributed by atoms with Gasteiger partial charge in [-0.2, -0.15) is 0 Å². The maximum absolute atomic E-state index is 5.80. The molecule has 2 nitrogen and oxygen atoms in total. The summed E-state index contributed by atoms with van der Waals surface area (Å²) in [6, 6.07) is 0. The third-order valence-corrected chi connectivity index (χ3v) is 2.29. The molecule has 0 aromatic rings. The Morgan fingerprint density at radius 1 is 1.55 bits per heavy atom. The smallest absolute Gasteiger partial charge is 0.0191 e. The molecule has 0 bridgehead atoms. The third kappa shape index (κ3) is 3.68. The predicted octanol–water partition coefficient (Wildman–Crippen LogP) is 2.08. The lowest BCUT2D eigenvalue weighted by atomic mass is 9.91. The Balaban J connectivity index is 4.13. The number of allylic oxidation sites excluding steroid dienone is 1. The van der Waals surface area contributed by atoms with Gasteiger partial charge >= 0.3 is 0 Å². The van der Waals surface area contributed by atoms with Crippen LogP contribution in [0.2, 0.25) is 0 Å². The second-order valence-corrected chi connectivity index (χ2v) is 3.52. The molecule has 0 aromatic heterocycles. The van der Waals surface area contributed by atoms with Crippen molar-refractivity contribution in [2.75, 3.05) is 0 Å². The highest BCUT2D eigenvalue weighted by molar-refractivity contribution is 7.99. The molecular weight excluding hydrogens is 156 g/mol. The molecule has 11 heavy (non-hydrogen) atoms. The molecule has 0 aliphatic rings. The molecule has 3 heteroatoms. The SMILES string of the molecule is CCC(/C(N)=C\SN)C(C)C. The molecule has 0 rings (SSSR count). The van der Waals surface area contributed by atoms with Gasteiger partial charge in [0, 0.05) is 17.0 Å². The van der Waals surface area contributed by atoms with Crippen LogP contribution in [-0.4, -0.2) is 0 Å². The molecule has 0 aliphatic heterocycles. The van der Waals surface area contributed by atoms with Gasteiger partial charge in [0.05, 0.1) is 0 Å². The molecule has 0 fully saturated rings. The third-order valence-electron chi connectivity index (χ3n) is 1.88. The molecule has 0 aliphatic carbocycles. The summed E-state index contributed by atoms with van der Waals surface area (Å²) in [6.45, 7) is 6.50. The van der Waals surface area contributed by atoms with E-state index in [-0.39, 0.29) is 0 Å². The van der Waals surface area contributed by atoms with E-state index < -0.39 is 0 Å². The van der Waals surface area contributed by atoms with Gasteiger partial charge in [-0.05, 0) is 12.3 Å². The van der Waals surface area contributed by atoms with Crippen LogP contribution in [0.5, 0.6) is 0 Å². The predicted molar refractivity (Wildman–Crippen MR) is 52.7 cm³/mol. The molecule has 4 N–H and O–H groups in total. The van der Waals surface area contributed by atoms with Crippen LogP contribution in [0.4, 0.5) is 0 Å². The van der Waals surface area contributed by atoms with Gasteiger partial charge in [0.15, 0.2) is 0 Å². The molecule has 0 spiro atoms. The van der Waals surface area contributed by atoms with E-state index in [1.807, 2.05) is 5.41 Å². The number of hydrogen-bond donors (Lipinski definition) is 2. The Morgan fingerprint density at radius 3 is 2.36 bits per heavy atom. The van der Waals surface area contributed by atoms with Gasteiger partial charge in [-0.1, -0.05) is 32.7 Å². The maximum Gasteiger partial charge on any atom is 0.0191 e. The minimum Gasteiger partial charge on any atom is -0.401 e. The molecule has 0 aromatic carbocycles. The van der Waals surface area contributed by atoms with E-state index in [4.69, 9.17) is 10.9 Å². The van der Waals surface area contributed by atoms with Gasteiger partial charge in [0.1, 0.15) is 0 Å². The summed E-state index contributed by atoms with van der Waals surface area (Å²) in [6.07, 6.45) is 1.08. The summed E-state index contributed by atoms with van der Waals surface area (Å²) in [7, 11) is 0. The average molecular weight is 174 g/mol. The van der Waals surface area contributed by atoms with Gasteiger partial charge in [-0.15, -0.1) is 0 Å². The van der Waals surface area contributed by atoms with Crippen molar-refractivity contribution in [1.82, 2.24) is 0 Å². The topological polar surface area (TPSA) is 52.0 Å². The lowest BCUT2D eigenvalue weighted by Crippen LogP contribution is -2.16. The Bertz CT molecular complexity index is 132. The minimum atomic E-state index is 0.478. The summed E-state index contributed by atoms with van der Waals surface area (Å²) in [5.41, 5.74) is 6.71. The van der Waals surface area contributed by atoms with E-state index in [0.717, 1.165) is 12.1 Å².